The van der Waals surface area contributed by atoms with Gasteiger partial charge in [0.15, 0.2) is 0 Å². The first-order chi connectivity index (χ1) is 14.2. The molecule has 4 rings (SSSR count). The second-order valence-corrected chi connectivity index (χ2v) is 8.42. The van der Waals surface area contributed by atoms with Crippen molar-refractivity contribution in [2.75, 3.05) is 31.5 Å². The zero-order valence-corrected chi connectivity index (χ0v) is 17.3. The Kier molecular flexibility index (Phi) is 6.44. The molecule has 1 N–H and O–H groups in total. The van der Waals surface area contributed by atoms with Gasteiger partial charge in [0.2, 0.25) is 0 Å². The molecular formula is C22H32N6O. The highest BCUT2D eigenvalue weighted by Gasteiger charge is 2.24. The average molecular weight is 397 g/mol. The third kappa shape index (κ3) is 5.15. The van der Waals surface area contributed by atoms with Crippen molar-refractivity contribution in [2.24, 2.45) is 5.92 Å². The molecule has 7 nitrogen and oxygen atoms in total. The van der Waals surface area contributed by atoms with E-state index in [0.29, 0.717) is 0 Å². The van der Waals surface area contributed by atoms with Crippen molar-refractivity contribution in [3.05, 3.63) is 36.7 Å². The maximum Gasteiger partial charge on any atom is 0.321 e. The molecule has 1 unspecified atom stereocenters. The molecule has 1 atom stereocenters. The molecule has 0 spiro atoms. The van der Waals surface area contributed by atoms with Crippen LogP contribution in [0.1, 0.15) is 45.4 Å². The van der Waals surface area contributed by atoms with Crippen LogP contribution in [0.3, 0.4) is 0 Å². The maximum absolute atomic E-state index is 12.6. The molecule has 2 amide bonds. The van der Waals surface area contributed by atoms with Crippen LogP contribution < -0.4 is 5.32 Å². The van der Waals surface area contributed by atoms with Crippen LogP contribution in [0, 0.1) is 5.92 Å². The van der Waals surface area contributed by atoms with Gasteiger partial charge in [-0.15, -0.1) is 5.10 Å². The lowest BCUT2D eigenvalue weighted by Crippen LogP contribution is -2.42. The molecule has 3 heterocycles. The monoisotopic (exact) mass is 396 g/mol. The van der Waals surface area contributed by atoms with Gasteiger partial charge in [-0.25, -0.2) is 9.48 Å². The predicted octanol–water partition coefficient (Wildman–Crippen LogP) is 3.78. The summed E-state index contributed by atoms with van der Waals surface area (Å²) in [4.78, 5) is 17.2. The van der Waals surface area contributed by atoms with Gasteiger partial charge in [0, 0.05) is 24.8 Å². The lowest BCUT2D eigenvalue weighted by atomic mass is 9.92. The van der Waals surface area contributed by atoms with Crippen LogP contribution in [-0.2, 0) is 0 Å². The van der Waals surface area contributed by atoms with Gasteiger partial charge < -0.3 is 15.1 Å². The van der Waals surface area contributed by atoms with Crippen LogP contribution in [0.4, 0.5) is 10.5 Å². The number of benzene rings is 1. The number of urea groups is 1. The minimum absolute atomic E-state index is 0.00149. The van der Waals surface area contributed by atoms with E-state index in [9.17, 15) is 4.79 Å². The van der Waals surface area contributed by atoms with Gasteiger partial charge in [-0.05, 0) is 82.3 Å². The Balaban J connectivity index is 1.21. The van der Waals surface area contributed by atoms with E-state index in [1.807, 2.05) is 29.2 Å². The number of aromatic nitrogens is 3. The summed E-state index contributed by atoms with van der Waals surface area (Å²) < 4.78 is 1.70. The number of carbonyl (C=O) groups excluding carboxylic acids is 1. The summed E-state index contributed by atoms with van der Waals surface area (Å²) in [7, 11) is 0. The van der Waals surface area contributed by atoms with Crippen molar-refractivity contribution in [2.45, 2.75) is 51.5 Å². The van der Waals surface area contributed by atoms with Crippen LogP contribution in [0.5, 0.6) is 0 Å². The molecule has 7 heteroatoms. The highest BCUT2D eigenvalue weighted by Crippen LogP contribution is 2.24. The second-order valence-electron chi connectivity index (χ2n) is 8.42. The van der Waals surface area contributed by atoms with Gasteiger partial charge >= 0.3 is 6.03 Å². The van der Waals surface area contributed by atoms with Crippen LogP contribution in [-0.4, -0.2) is 63.0 Å². The Labute approximate surface area is 173 Å². The summed E-state index contributed by atoms with van der Waals surface area (Å²) in [5.74, 6) is 0.746. The van der Waals surface area contributed by atoms with Crippen LogP contribution in [0.15, 0.2) is 36.7 Å². The van der Waals surface area contributed by atoms with Crippen molar-refractivity contribution >= 4 is 11.7 Å². The first kappa shape index (κ1) is 19.9. The Hall–Kier alpha value is -2.41. The number of anilines is 1. The smallest absolute Gasteiger partial charge is 0.321 e. The topological polar surface area (TPSA) is 66.3 Å². The van der Waals surface area contributed by atoms with Gasteiger partial charge in [0.25, 0.3) is 0 Å². The van der Waals surface area contributed by atoms with Crippen molar-refractivity contribution < 1.29 is 4.79 Å². The van der Waals surface area contributed by atoms with Gasteiger partial charge in [0.05, 0.1) is 18.1 Å². The third-order valence-electron chi connectivity index (χ3n) is 6.47. The maximum atomic E-state index is 12.6. The van der Waals surface area contributed by atoms with E-state index >= 15 is 0 Å². The Morgan fingerprint density at radius 2 is 1.90 bits per heavy atom. The van der Waals surface area contributed by atoms with Crippen molar-refractivity contribution in [3.63, 3.8) is 0 Å². The summed E-state index contributed by atoms with van der Waals surface area (Å²) >= 11 is 0. The number of likely N-dealkylation sites (tertiary alicyclic amines) is 2. The standard InChI is InChI=1S/C22H32N6O/c1-18-4-2-3-13-26(18)14-9-19-10-15-27(16-11-19)22(29)24-20-5-7-21(8-6-20)28-17-12-23-25-28/h5-8,12,17-19H,2-4,9-11,13-16H2,1H3,(H,24,29). The zero-order chi connectivity index (χ0) is 20.1. The summed E-state index contributed by atoms with van der Waals surface area (Å²) in [5.41, 5.74) is 1.73. The number of nitrogens with zero attached hydrogens (tertiary/aromatic N) is 5. The molecule has 29 heavy (non-hydrogen) atoms. The number of piperidine rings is 2. The number of amides is 2. The van der Waals surface area contributed by atoms with Crippen molar-refractivity contribution in [1.29, 1.82) is 0 Å². The van der Waals surface area contributed by atoms with E-state index in [1.54, 1.807) is 17.1 Å². The molecule has 0 saturated carbocycles. The highest BCUT2D eigenvalue weighted by molar-refractivity contribution is 5.89. The number of carbonyl (C=O) groups is 1. The minimum atomic E-state index is 0.00149. The van der Waals surface area contributed by atoms with Gasteiger partial charge in [0.1, 0.15) is 0 Å². The van der Waals surface area contributed by atoms with E-state index in [2.05, 4.69) is 27.5 Å². The van der Waals surface area contributed by atoms with Gasteiger partial charge in [-0.3, -0.25) is 0 Å². The zero-order valence-electron chi connectivity index (χ0n) is 17.3. The summed E-state index contributed by atoms with van der Waals surface area (Å²) in [6, 6.07) is 8.41. The first-order valence-corrected chi connectivity index (χ1v) is 11.0. The number of hydrogen-bond donors (Lipinski definition) is 1. The number of nitrogens with one attached hydrogen (secondary N) is 1. The predicted molar refractivity (Wildman–Crippen MR) is 114 cm³/mol. The molecule has 2 aromatic rings. The van der Waals surface area contributed by atoms with E-state index in [0.717, 1.165) is 49.3 Å². The van der Waals surface area contributed by atoms with Crippen LogP contribution >= 0.6 is 0 Å². The lowest BCUT2D eigenvalue weighted by Gasteiger charge is -2.36. The molecule has 2 aliphatic rings. The second kappa shape index (κ2) is 9.39. The fraction of sp³-hybridized carbons (Fsp3) is 0.591. The molecule has 1 aromatic carbocycles. The summed E-state index contributed by atoms with van der Waals surface area (Å²) in [6.07, 6.45) is 11.0. The normalized spacial score (nSPS) is 21.3. The average Bonchev–Trinajstić information content (AvgIpc) is 3.29. The third-order valence-corrected chi connectivity index (χ3v) is 6.47. The number of rotatable bonds is 5. The van der Waals surface area contributed by atoms with Crippen LogP contribution in [0.2, 0.25) is 0 Å². The van der Waals surface area contributed by atoms with Crippen LogP contribution in [0.25, 0.3) is 5.69 Å². The van der Waals surface area contributed by atoms with Gasteiger partial charge in [-0.1, -0.05) is 11.6 Å². The number of hydrogen-bond acceptors (Lipinski definition) is 4. The molecule has 0 radical (unpaired) electrons. The highest BCUT2D eigenvalue weighted by atomic mass is 16.2. The molecule has 2 fully saturated rings. The Morgan fingerprint density at radius 3 is 2.59 bits per heavy atom. The molecular weight excluding hydrogens is 364 g/mol. The van der Waals surface area contributed by atoms with E-state index in [4.69, 9.17) is 0 Å². The van der Waals surface area contributed by atoms with Gasteiger partial charge in [-0.2, -0.15) is 0 Å². The molecule has 0 aliphatic carbocycles. The SMILES string of the molecule is CC1CCCCN1CCC1CCN(C(=O)Nc2ccc(-n3ccnn3)cc2)CC1. The first-order valence-electron chi connectivity index (χ1n) is 11.0. The fourth-order valence-electron chi connectivity index (χ4n) is 4.51. The Bertz CT molecular complexity index is 767. The van der Waals surface area contributed by atoms with E-state index < -0.39 is 0 Å². The molecule has 2 aliphatic heterocycles. The van der Waals surface area contributed by atoms with Crippen molar-refractivity contribution in [3.8, 4) is 5.69 Å². The van der Waals surface area contributed by atoms with Crippen molar-refractivity contribution in [1.82, 2.24) is 24.8 Å². The Morgan fingerprint density at radius 1 is 1.10 bits per heavy atom. The molecule has 0 bridgehead atoms. The van der Waals surface area contributed by atoms with E-state index in [1.165, 1.54) is 38.8 Å². The summed E-state index contributed by atoms with van der Waals surface area (Å²) in [5, 5.41) is 10.8. The largest absolute Gasteiger partial charge is 0.325 e. The fourth-order valence-corrected chi connectivity index (χ4v) is 4.51. The summed E-state index contributed by atoms with van der Waals surface area (Å²) in [6.45, 7) is 6.55. The molecule has 2 saturated heterocycles. The van der Waals surface area contributed by atoms with E-state index in [-0.39, 0.29) is 6.03 Å². The molecule has 1 aromatic heterocycles. The molecule has 156 valence electrons. The lowest BCUT2D eigenvalue weighted by molar-refractivity contribution is 0.134. The quantitative estimate of drug-likeness (QED) is 0.835. The minimum Gasteiger partial charge on any atom is -0.325 e.